The number of benzene rings is 3. The zero-order chi connectivity index (χ0) is 28.3. The molecule has 4 rings (SSSR count). The van der Waals surface area contributed by atoms with E-state index >= 15 is 0 Å². The van der Waals surface area contributed by atoms with E-state index in [1.165, 1.54) is 18.2 Å². The second-order valence-corrected chi connectivity index (χ2v) is 9.89. The number of nitro groups is 1. The fraction of sp³-hybridized carbons (Fsp3) is 0.148. The number of carbonyl (C=O) groups is 3. The second kappa shape index (κ2) is 11.8. The Hall–Kier alpha value is -3.97. The summed E-state index contributed by atoms with van der Waals surface area (Å²) in [4.78, 5) is 49.9. The van der Waals surface area contributed by atoms with Crippen LogP contribution in [0.2, 0.25) is 5.02 Å². The van der Waals surface area contributed by atoms with E-state index in [2.05, 4.69) is 5.32 Å². The van der Waals surface area contributed by atoms with Crippen molar-refractivity contribution in [3.63, 3.8) is 0 Å². The lowest BCUT2D eigenvalue weighted by molar-refractivity contribution is -0.384. The van der Waals surface area contributed by atoms with Crippen LogP contribution >= 0.6 is 34.2 Å². The van der Waals surface area contributed by atoms with Crippen LogP contribution in [0.5, 0.6) is 11.5 Å². The van der Waals surface area contributed by atoms with E-state index in [1.807, 2.05) is 22.6 Å². The number of nitrogens with one attached hydrogen (secondary N) is 1. The largest absolute Gasteiger partial charge is 0.490 e. The first-order valence-corrected chi connectivity index (χ1v) is 13.1. The van der Waals surface area contributed by atoms with Crippen molar-refractivity contribution in [2.24, 2.45) is 0 Å². The molecule has 1 aliphatic rings. The first-order valence-electron chi connectivity index (χ1n) is 11.6. The summed E-state index contributed by atoms with van der Waals surface area (Å²) in [5, 5.41) is 13.5. The van der Waals surface area contributed by atoms with Gasteiger partial charge in [0.05, 0.1) is 20.8 Å². The summed E-state index contributed by atoms with van der Waals surface area (Å²) in [5.41, 5.74) is 1.71. The maximum Gasteiger partial charge on any atom is 0.335 e. The molecular formula is C27H21ClIN3O7. The van der Waals surface area contributed by atoms with Gasteiger partial charge in [-0.1, -0.05) is 17.7 Å². The number of ether oxygens (including phenoxy) is 2. The minimum Gasteiger partial charge on any atom is -0.490 e. The first kappa shape index (κ1) is 28.0. The predicted molar refractivity (Wildman–Crippen MR) is 153 cm³/mol. The molecule has 0 aromatic heterocycles. The molecule has 1 heterocycles. The zero-order valence-corrected chi connectivity index (χ0v) is 23.6. The van der Waals surface area contributed by atoms with Crippen LogP contribution < -0.4 is 19.7 Å². The molecule has 0 saturated carbocycles. The maximum absolute atomic E-state index is 13.3. The lowest BCUT2D eigenvalue weighted by Crippen LogP contribution is -2.54. The van der Waals surface area contributed by atoms with Crippen LogP contribution in [0, 0.1) is 20.6 Å². The number of barbiturate groups is 1. The van der Waals surface area contributed by atoms with Gasteiger partial charge in [0.1, 0.15) is 12.2 Å². The van der Waals surface area contributed by atoms with Gasteiger partial charge in [0, 0.05) is 17.2 Å². The number of carbonyl (C=O) groups excluding carboxylic acids is 3. The summed E-state index contributed by atoms with van der Waals surface area (Å²) in [6, 6.07) is 13.3. The molecule has 0 aliphatic carbocycles. The lowest BCUT2D eigenvalue weighted by Gasteiger charge is -2.27. The summed E-state index contributed by atoms with van der Waals surface area (Å²) in [7, 11) is 0. The van der Waals surface area contributed by atoms with Crippen LogP contribution in [-0.2, 0) is 16.2 Å². The van der Waals surface area contributed by atoms with E-state index in [4.69, 9.17) is 21.1 Å². The number of hydrogen-bond donors (Lipinski definition) is 1. The summed E-state index contributed by atoms with van der Waals surface area (Å²) in [6.45, 7) is 3.92. The van der Waals surface area contributed by atoms with Crippen LogP contribution in [0.4, 0.5) is 16.2 Å². The Morgan fingerprint density at radius 2 is 1.82 bits per heavy atom. The topological polar surface area (TPSA) is 128 Å². The van der Waals surface area contributed by atoms with Gasteiger partial charge in [0.2, 0.25) is 0 Å². The number of nitrogens with zero attached hydrogens (tertiary/aromatic N) is 2. The smallest absolute Gasteiger partial charge is 0.335 e. The van der Waals surface area contributed by atoms with Crippen LogP contribution in [0.15, 0.2) is 60.2 Å². The molecule has 4 amide bonds. The maximum atomic E-state index is 13.3. The molecule has 1 saturated heterocycles. The van der Waals surface area contributed by atoms with E-state index in [0.29, 0.717) is 37.8 Å². The third-order valence-electron chi connectivity index (χ3n) is 5.75. The zero-order valence-electron chi connectivity index (χ0n) is 20.7. The molecule has 1 N–H and O–H groups in total. The number of urea groups is 1. The Labute approximate surface area is 241 Å². The van der Waals surface area contributed by atoms with Gasteiger partial charge < -0.3 is 9.47 Å². The molecular weight excluding hydrogens is 641 g/mol. The standard InChI is InChI=1S/C27H21ClIN3O7/c1-3-38-23-13-17(12-21(29)24(23)39-14-16-7-9-18(10-8-16)32(36)37)11-19-25(33)30-27(35)31(26(19)34)22-6-4-5-20(28)15(22)2/h4-13H,3,14H2,1-2H3,(H,30,33,35)/b19-11+. The molecule has 10 nitrogen and oxygen atoms in total. The molecule has 39 heavy (non-hydrogen) atoms. The van der Waals surface area contributed by atoms with E-state index in [0.717, 1.165) is 10.5 Å². The van der Waals surface area contributed by atoms with Crippen LogP contribution in [0.3, 0.4) is 0 Å². The highest BCUT2D eigenvalue weighted by Gasteiger charge is 2.37. The van der Waals surface area contributed by atoms with Crippen LogP contribution in [-0.4, -0.2) is 29.4 Å². The molecule has 0 spiro atoms. The highest BCUT2D eigenvalue weighted by Crippen LogP contribution is 2.36. The molecule has 0 radical (unpaired) electrons. The summed E-state index contributed by atoms with van der Waals surface area (Å²) < 4.78 is 12.4. The molecule has 3 aromatic rings. The summed E-state index contributed by atoms with van der Waals surface area (Å²) >= 11 is 8.23. The highest BCUT2D eigenvalue weighted by atomic mass is 127. The normalized spacial score (nSPS) is 14.4. The Morgan fingerprint density at radius 1 is 1.10 bits per heavy atom. The van der Waals surface area contributed by atoms with E-state index in [-0.39, 0.29) is 23.6 Å². The molecule has 0 bridgehead atoms. The van der Waals surface area contributed by atoms with Gasteiger partial charge in [-0.3, -0.25) is 25.0 Å². The molecule has 1 aliphatic heterocycles. The van der Waals surface area contributed by atoms with Crippen molar-refractivity contribution in [1.82, 2.24) is 5.32 Å². The van der Waals surface area contributed by atoms with Crippen LogP contribution in [0.1, 0.15) is 23.6 Å². The number of rotatable bonds is 8. The Morgan fingerprint density at radius 3 is 2.49 bits per heavy atom. The van der Waals surface area contributed by atoms with Gasteiger partial charge in [-0.15, -0.1) is 0 Å². The number of nitro benzene ring substituents is 1. The third kappa shape index (κ3) is 6.04. The molecule has 0 atom stereocenters. The predicted octanol–water partition coefficient (Wildman–Crippen LogP) is 5.81. The number of non-ortho nitro benzene ring substituents is 1. The van der Waals surface area contributed by atoms with Crippen molar-refractivity contribution in [2.45, 2.75) is 20.5 Å². The lowest BCUT2D eigenvalue weighted by atomic mass is 10.1. The SMILES string of the molecule is CCOc1cc(/C=C2\C(=O)NC(=O)N(c3cccc(Cl)c3C)C2=O)cc(I)c1OCc1ccc([N+](=O)[O-])cc1. The fourth-order valence-corrected chi connectivity index (χ4v) is 4.78. The van der Waals surface area contributed by atoms with Gasteiger partial charge in [-0.25, -0.2) is 9.69 Å². The number of hydrogen-bond acceptors (Lipinski definition) is 7. The van der Waals surface area contributed by atoms with Crippen molar-refractivity contribution in [3.05, 3.63) is 95.6 Å². The number of imide groups is 2. The fourth-order valence-electron chi connectivity index (χ4n) is 3.82. The molecule has 12 heteroatoms. The van der Waals surface area contributed by atoms with E-state index in [9.17, 15) is 24.5 Å². The summed E-state index contributed by atoms with van der Waals surface area (Å²) in [5.74, 6) is -0.808. The van der Waals surface area contributed by atoms with Crippen molar-refractivity contribution in [1.29, 1.82) is 0 Å². The monoisotopic (exact) mass is 661 g/mol. The van der Waals surface area contributed by atoms with Crippen molar-refractivity contribution in [3.8, 4) is 11.5 Å². The minimum atomic E-state index is -0.868. The quantitative estimate of drug-likeness (QED) is 0.106. The Balaban J connectivity index is 1.65. The average Bonchev–Trinajstić information content (AvgIpc) is 2.89. The van der Waals surface area contributed by atoms with Crippen molar-refractivity contribution in [2.75, 3.05) is 11.5 Å². The number of halogens is 2. The third-order valence-corrected chi connectivity index (χ3v) is 6.97. The number of amides is 4. The first-order chi connectivity index (χ1) is 18.6. The molecule has 1 fully saturated rings. The summed E-state index contributed by atoms with van der Waals surface area (Å²) in [6.07, 6.45) is 1.38. The van der Waals surface area contributed by atoms with Crippen LogP contribution in [0.25, 0.3) is 6.08 Å². The minimum absolute atomic E-state index is 0.0205. The van der Waals surface area contributed by atoms with Gasteiger partial charge in [-0.2, -0.15) is 0 Å². The second-order valence-electron chi connectivity index (χ2n) is 8.32. The van der Waals surface area contributed by atoms with Gasteiger partial charge in [0.25, 0.3) is 17.5 Å². The van der Waals surface area contributed by atoms with E-state index in [1.54, 1.807) is 56.3 Å². The van der Waals surface area contributed by atoms with Crippen molar-refractivity contribution >= 4 is 69.5 Å². The molecule has 200 valence electrons. The average molecular weight is 662 g/mol. The number of anilines is 1. The van der Waals surface area contributed by atoms with Gasteiger partial charge in [-0.05, 0) is 95.6 Å². The van der Waals surface area contributed by atoms with Crippen molar-refractivity contribution < 1.29 is 28.8 Å². The Bertz CT molecular complexity index is 1520. The van der Waals surface area contributed by atoms with E-state index < -0.39 is 22.8 Å². The molecule has 0 unspecified atom stereocenters. The van der Waals surface area contributed by atoms with Gasteiger partial charge >= 0.3 is 6.03 Å². The highest BCUT2D eigenvalue weighted by molar-refractivity contribution is 14.1. The van der Waals surface area contributed by atoms with Gasteiger partial charge in [0.15, 0.2) is 11.5 Å². The molecule has 3 aromatic carbocycles. The Kier molecular flexibility index (Phi) is 8.51.